The fraction of sp³-hybridized carbons (Fsp3) is 0.529. The molecule has 1 aliphatic carbocycles. The molecule has 3 rings (SSSR count). The lowest BCUT2D eigenvalue weighted by Crippen LogP contribution is -2.27. The van der Waals surface area contributed by atoms with Gasteiger partial charge in [0.15, 0.2) is 0 Å². The van der Waals surface area contributed by atoms with Gasteiger partial charge in [0, 0.05) is 11.4 Å². The van der Waals surface area contributed by atoms with E-state index in [2.05, 4.69) is 36.5 Å². The van der Waals surface area contributed by atoms with Gasteiger partial charge >= 0.3 is 0 Å². The zero-order valence-corrected chi connectivity index (χ0v) is 11.7. The lowest BCUT2D eigenvalue weighted by molar-refractivity contribution is 0.425. The normalized spacial score (nSPS) is 17.7. The van der Waals surface area contributed by atoms with Crippen molar-refractivity contribution in [1.82, 2.24) is 5.32 Å². The van der Waals surface area contributed by atoms with Gasteiger partial charge in [-0.05, 0) is 38.0 Å². The van der Waals surface area contributed by atoms with Crippen molar-refractivity contribution < 1.29 is 4.42 Å². The average Bonchev–Trinajstić information content (AvgIpc) is 2.63. The van der Waals surface area contributed by atoms with Crippen molar-refractivity contribution in [3.8, 4) is 0 Å². The molecule has 102 valence electrons. The Morgan fingerprint density at radius 3 is 2.68 bits per heavy atom. The van der Waals surface area contributed by atoms with E-state index in [0.29, 0.717) is 6.04 Å². The van der Waals surface area contributed by atoms with Gasteiger partial charge in [-0.2, -0.15) is 0 Å². The SMILES string of the molecule is Cc1ccc2oc(CNC3CCCCCC3)cc2c1. The molecule has 1 aromatic carbocycles. The summed E-state index contributed by atoms with van der Waals surface area (Å²) in [5.74, 6) is 1.06. The molecule has 0 radical (unpaired) electrons. The molecule has 0 bridgehead atoms. The Morgan fingerprint density at radius 1 is 1.11 bits per heavy atom. The van der Waals surface area contributed by atoms with Crippen LogP contribution in [0.3, 0.4) is 0 Å². The van der Waals surface area contributed by atoms with Crippen LogP contribution in [0.5, 0.6) is 0 Å². The van der Waals surface area contributed by atoms with Gasteiger partial charge in [-0.1, -0.05) is 37.3 Å². The van der Waals surface area contributed by atoms with Crippen molar-refractivity contribution >= 4 is 11.0 Å². The van der Waals surface area contributed by atoms with Gasteiger partial charge in [-0.25, -0.2) is 0 Å². The minimum atomic E-state index is 0.678. The molecule has 1 N–H and O–H groups in total. The van der Waals surface area contributed by atoms with E-state index in [1.165, 1.54) is 49.5 Å². The van der Waals surface area contributed by atoms with Gasteiger partial charge in [0.05, 0.1) is 6.54 Å². The summed E-state index contributed by atoms with van der Waals surface area (Å²) in [6, 6.07) is 9.21. The maximum Gasteiger partial charge on any atom is 0.134 e. The monoisotopic (exact) mass is 257 g/mol. The molecule has 0 amide bonds. The summed E-state index contributed by atoms with van der Waals surface area (Å²) in [4.78, 5) is 0. The second-order valence-corrected chi connectivity index (χ2v) is 5.82. The summed E-state index contributed by atoms with van der Waals surface area (Å²) >= 11 is 0. The third kappa shape index (κ3) is 3.19. The zero-order valence-electron chi connectivity index (χ0n) is 11.7. The first-order chi connectivity index (χ1) is 9.31. The molecular weight excluding hydrogens is 234 g/mol. The fourth-order valence-corrected chi connectivity index (χ4v) is 3.03. The highest BCUT2D eigenvalue weighted by Gasteiger charge is 2.12. The lowest BCUT2D eigenvalue weighted by Gasteiger charge is -2.14. The van der Waals surface area contributed by atoms with Crippen LogP contribution in [0.4, 0.5) is 0 Å². The van der Waals surface area contributed by atoms with Gasteiger partial charge < -0.3 is 9.73 Å². The first-order valence-corrected chi connectivity index (χ1v) is 7.54. The average molecular weight is 257 g/mol. The van der Waals surface area contributed by atoms with E-state index in [1.807, 2.05) is 0 Å². The molecular formula is C17H23NO. The Bertz CT molecular complexity index is 535. The summed E-state index contributed by atoms with van der Waals surface area (Å²) in [6.07, 6.45) is 8.19. The molecule has 1 aliphatic rings. The Labute approximate surface area is 115 Å². The summed E-state index contributed by atoms with van der Waals surface area (Å²) < 4.78 is 5.88. The van der Waals surface area contributed by atoms with E-state index in [1.54, 1.807) is 0 Å². The van der Waals surface area contributed by atoms with Crippen molar-refractivity contribution in [2.45, 2.75) is 58.0 Å². The van der Waals surface area contributed by atoms with Gasteiger partial charge in [0.1, 0.15) is 11.3 Å². The number of furan rings is 1. The smallest absolute Gasteiger partial charge is 0.134 e. The van der Waals surface area contributed by atoms with E-state index in [9.17, 15) is 0 Å². The molecule has 0 spiro atoms. The molecule has 19 heavy (non-hydrogen) atoms. The van der Waals surface area contributed by atoms with Crippen molar-refractivity contribution in [1.29, 1.82) is 0 Å². The molecule has 2 heteroatoms. The summed E-state index contributed by atoms with van der Waals surface area (Å²) in [5, 5.41) is 4.88. The van der Waals surface area contributed by atoms with Gasteiger partial charge in [0.25, 0.3) is 0 Å². The molecule has 1 fully saturated rings. The summed E-state index contributed by atoms with van der Waals surface area (Å²) in [5.41, 5.74) is 2.29. The molecule has 2 aromatic rings. The van der Waals surface area contributed by atoms with E-state index in [0.717, 1.165) is 17.9 Å². The highest BCUT2D eigenvalue weighted by atomic mass is 16.3. The van der Waals surface area contributed by atoms with Crippen molar-refractivity contribution in [2.75, 3.05) is 0 Å². The van der Waals surface area contributed by atoms with Gasteiger partial charge in [0.2, 0.25) is 0 Å². The second kappa shape index (κ2) is 5.79. The third-order valence-corrected chi connectivity index (χ3v) is 4.14. The minimum Gasteiger partial charge on any atom is -0.460 e. The second-order valence-electron chi connectivity index (χ2n) is 5.82. The standard InChI is InChI=1S/C17H23NO/c1-13-8-9-17-14(10-13)11-16(19-17)12-18-15-6-4-2-3-5-7-15/h8-11,15,18H,2-7,12H2,1H3. The van der Waals surface area contributed by atoms with E-state index in [-0.39, 0.29) is 0 Å². The molecule has 0 unspecified atom stereocenters. The van der Waals surface area contributed by atoms with Crippen molar-refractivity contribution in [3.63, 3.8) is 0 Å². The van der Waals surface area contributed by atoms with E-state index < -0.39 is 0 Å². The number of aryl methyl sites for hydroxylation is 1. The number of hydrogen-bond acceptors (Lipinski definition) is 2. The predicted octanol–water partition coefficient (Wildman–Crippen LogP) is 4.55. The van der Waals surface area contributed by atoms with Crippen LogP contribution >= 0.6 is 0 Å². The van der Waals surface area contributed by atoms with Crippen LogP contribution in [0.25, 0.3) is 11.0 Å². The van der Waals surface area contributed by atoms with Gasteiger partial charge in [-0.15, -0.1) is 0 Å². The molecule has 0 saturated heterocycles. The van der Waals surface area contributed by atoms with Crippen LogP contribution in [0.1, 0.15) is 49.8 Å². The fourth-order valence-electron chi connectivity index (χ4n) is 3.03. The Balaban J connectivity index is 1.64. The topological polar surface area (TPSA) is 25.2 Å². The predicted molar refractivity (Wildman–Crippen MR) is 79.3 cm³/mol. The van der Waals surface area contributed by atoms with Crippen LogP contribution in [0.2, 0.25) is 0 Å². The summed E-state index contributed by atoms with van der Waals surface area (Å²) in [6.45, 7) is 2.98. The Hall–Kier alpha value is -1.28. The highest BCUT2D eigenvalue weighted by molar-refractivity contribution is 5.78. The molecule has 1 aromatic heterocycles. The van der Waals surface area contributed by atoms with Crippen molar-refractivity contribution in [3.05, 3.63) is 35.6 Å². The summed E-state index contributed by atoms with van der Waals surface area (Å²) in [7, 11) is 0. The van der Waals surface area contributed by atoms with Gasteiger partial charge in [-0.3, -0.25) is 0 Å². The van der Waals surface area contributed by atoms with E-state index >= 15 is 0 Å². The molecule has 1 saturated carbocycles. The van der Waals surface area contributed by atoms with Crippen LogP contribution in [-0.2, 0) is 6.54 Å². The van der Waals surface area contributed by atoms with Crippen LogP contribution in [0, 0.1) is 6.92 Å². The highest BCUT2D eigenvalue weighted by Crippen LogP contribution is 2.22. The number of hydrogen-bond donors (Lipinski definition) is 1. The maximum absolute atomic E-state index is 5.88. The quantitative estimate of drug-likeness (QED) is 0.816. The maximum atomic E-state index is 5.88. The Kier molecular flexibility index (Phi) is 3.88. The number of fused-ring (bicyclic) bond motifs is 1. The first kappa shape index (κ1) is 12.7. The number of nitrogens with one attached hydrogen (secondary N) is 1. The minimum absolute atomic E-state index is 0.678. The lowest BCUT2D eigenvalue weighted by atomic mass is 10.1. The molecule has 2 nitrogen and oxygen atoms in total. The zero-order chi connectivity index (χ0) is 13.1. The van der Waals surface area contributed by atoms with Crippen LogP contribution in [-0.4, -0.2) is 6.04 Å². The molecule has 1 heterocycles. The van der Waals surface area contributed by atoms with Crippen molar-refractivity contribution in [2.24, 2.45) is 0 Å². The van der Waals surface area contributed by atoms with Crippen LogP contribution in [0.15, 0.2) is 28.7 Å². The first-order valence-electron chi connectivity index (χ1n) is 7.54. The Morgan fingerprint density at radius 2 is 1.89 bits per heavy atom. The third-order valence-electron chi connectivity index (χ3n) is 4.14. The largest absolute Gasteiger partial charge is 0.460 e. The molecule has 0 aliphatic heterocycles. The number of rotatable bonds is 3. The van der Waals surface area contributed by atoms with E-state index in [4.69, 9.17) is 4.42 Å². The van der Waals surface area contributed by atoms with Crippen LogP contribution < -0.4 is 5.32 Å². The molecule has 0 atom stereocenters. The number of benzene rings is 1.